The van der Waals surface area contributed by atoms with Gasteiger partial charge in [0.25, 0.3) is 5.91 Å². The van der Waals surface area contributed by atoms with Gasteiger partial charge in [0, 0.05) is 13.0 Å². The molecule has 1 fully saturated rings. The monoisotopic (exact) mass is 372 g/mol. The summed E-state index contributed by atoms with van der Waals surface area (Å²) in [6.07, 6.45) is -3.78. The maximum atomic E-state index is 14.0. The van der Waals surface area contributed by atoms with E-state index < -0.39 is 35.8 Å². The number of benzene rings is 1. The van der Waals surface area contributed by atoms with Crippen LogP contribution in [0.1, 0.15) is 22.5 Å². The Hall–Kier alpha value is -2.98. The lowest BCUT2D eigenvalue weighted by atomic mass is 10.1. The Morgan fingerprint density at radius 1 is 1.27 bits per heavy atom. The van der Waals surface area contributed by atoms with Crippen molar-refractivity contribution in [1.29, 1.82) is 0 Å². The van der Waals surface area contributed by atoms with Crippen LogP contribution in [0.25, 0.3) is 5.69 Å². The minimum atomic E-state index is -4.54. The van der Waals surface area contributed by atoms with Crippen molar-refractivity contribution in [2.75, 3.05) is 13.1 Å². The highest BCUT2D eigenvalue weighted by Crippen LogP contribution is 2.30. The zero-order valence-electron chi connectivity index (χ0n) is 13.1. The quantitative estimate of drug-likeness (QED) is 0.832. The molecule has 1 atom stereocenters. The summed E-state index contributed by atoms with van der Waals surface area (Å²) >= 11 is 0. The number of rotatable bonds is 3. The molecule has 1 N–H and O–H groups in total. The van der Waals surface area contributed by atoms with Gasteiger partial charge in [-0.25, -0.2) is 13.9 Å². The molecule has 2 heterocycles. The van der Waals surface area contributed by atoms with Crippen LogP contribution < -0.4 is 0 Å². The number of carbonyl (C=O) groups is 2. The minimum Gasteiger partial charge on any atom is -0.479 e. The van der Waals surface area contributed by atoms with E-state index in [0.29, 0.717) is 0 Å². The minimum absolute atomic E-state index is 0.0400. The van der Waals surface area contributed by atoms with Gasteiger partial charge >= 0.3 is 12.1 Å². The van der Waals surface area contributed by atoms with Gasteiger partial charge in [-0.2, -0.15) is 13.2 Å². The van der Waals surface area contributed by atoms with Gasteiger partial charge in [-0.3, -0.25) is 4.79 Å². The normalized spacial score (nSPS) is 20.4. The van der Waals surface area contributed by atoms with Gasteiger partial charge in [-0.05, 0) is 18.2 Å². The summed E-state index contributed by atoms with van der Waals surface area (Å²) in [6, 6.07) is 4.27. The van der Waals surface area contributed by atoms with E-state index in [-0.39, 0.29) is 24.3 Å². The molecule has 1 unspecified atom stereocenters. The molecule has 26 heavy (non-hydrogen) atoms. The van der Waals surface area contributed by atoms with E-state index in [0.717, 1.165) is 27.9 Å². The fourth-order valence-corrected chi connectivity index (χ4v) is 2.60. The number of carboxylic acid groups (broad SMARTS) is 1. The van der Waals surface area contributed by atoms with Crippen molar-refractivity contribution >= 4 is 11.9 Å². The molecule has 1 saturated heterocycles. The first-order chi connectivity index (χ1) is 12.1. The Kier molecular flexibility index (Phi) is 4.17. The van der Waals surface area contributed by atoms with Gasteiger partial charge in [-0.1, -0.05) is 11.3 Å². The predicted molar refractivity (Wildman–Crippen MR) is 78.4 cm³/mol. The van der Waals surface area contributed by atoms with Crippen molar-refractivity contribution in [3.63, 3.8) is 0 Å². The molecule has 0 spiro atoms. The van der Waals surface area contributed by atoms with Gasteiger partial charge in [0.15, 0.2) is 5.69 Å². The third kappa shape index (κ3) is 3.24. The molecule has 1 amide bonds. The van der Waals surface area contributed by atoms with Crippen molar-refractivity contribution in [3.8, 4) is 5.69 Å². The number of alkyl halides is 4. The topological polar surface area (TPSA) is 88.3 Å². The molecule has 11 heteroatoms. The number of carbonyl (C=O) groups excluding carboxylic acids is 1. The van der Waals surface area contributed by atoms with E-state index in [4.69, 9.17) is 5.11 Å². The highest BCUT2D eigenvalue weighted by molar-refractivity contribution is 5.93. The molecule has 2 aromatic rings. The molecule has 138 valence electrons. The molecule has 0 aliphatic carbocycles. The molecule has 7 nitrogen and oxygen atoms in total. The second-order valence-electron chi connectivity index (χ2n) is 5.84. The van der Waals surface area contributed by atoms with Gasteiger partial charge in [0.1, 0.15) is 0 Å². The summed E-state index contributed by atoms with van der Waals surface area (Å²) < 4.78 is 53.3. The van der Waals surface area contributed by atoms with Crippen molar-refractivity contribution < 1.29 is 32.3 Å². The maximum Gasteiger partial charge on any atom is 0.416 e. The number of nitrogens with zero attached hydrogens (tertiary/aromatic N) is 4. The van der Waals surface area contributed by atoms with E-state index >= 15 is 0 Å². The van der Waals surface area contributed by atoms with Crippen LogP contribution in [0.4, 0.5) is 17.6 Å². The summed E-state index contributed by atoms with van der Waals surface area (Å²) in [4.78, 5) is 24.2. The van der Waals surface area contributed by atoms with Crippen LogP contribution in [-0.2, 0) is 11.0 Å². The van der Waals surface area contributed by atoms with Crippen molar-refractivity contribution in [1.82, 2.24) is 19.9 Å². The molecule has 0 radical (unpaired) electrons. The molecular formula is C15H12F4N4O3. The second-order valence-corrected chi connectivity index (χ2v) is 5.84. The second kappa shape index (κ2) is 6.07. The van der Waals surface area contributed by atoms with E-state index in [2.05, 4.69) is 10.3 Å². The first-order valence-corrected chi connectivity index (χ1v) is 7.42. The molecule has 1 aromatic heterocycles. The lowest BCUT2D eigenvalue weighted by Crippen LogP contribution is -2.39. The van der Waals surface area contributed by atoms with Crippen LogP contribution in [0.2, 0.25) is 0 Å². The van der Waals surface area contributed by atoms with E-state index in [1.807, 2.05) is 0 Å². The van der Waals surface area contributed by atoms with E-state index in [1.165, 1.54) is 12.1 Å². The summed E-state index contributed by atoms with van der Waals surface area (Å²) in [5, 5.41) is 16.1. The van der Waals surface area contributed by atoms with Gasteiger partial charge in [-0.15, -0.1) is 5.10 Å². The van der Waals surface area contributed by atoms with Gasteiger partial charge in [0.05, 0.1) is 24.0 Å². The van der Waals surface area contributed by atoms with Crippen molar-refractivity contribution in [2.45, 2.75) is 18.3 Å². The molecule has 1 aliphatic rings. The fraction of sp³-hybridized carbons (Fsp3) is 0.333. The van der Waals surface area contributed by atoms with Crippen LogP contribution >= 0.6 is 0 Å². The third-order valence-corrected chi connectivity index (χ3v) is 4.04. The smallest absolute Gasteiger partial charge is 0.416 e. The first-order valence-electron chi connectivity index (χ1n) is 7.42. The Balaban J connectivity index is 1.81. The number of halogens is 4. The predicted octanol–water partition coefficient (Wildman–Crippen LogP) is 1.92. The summed E-state index contributed by atoms with van der Waals surface area (Å²) in [7, 11) is 0. The Morgan fingerprint density at radius 3 is 2.62 bits per heavy atom. The number of aliphatic carboxylic acids is 1. The lowest BCUT2D eigenvalue weighted by molar-refractivity contribution is -0.149. The summed E-state index contributed by atoms with van der Waals surface area (Å²) in [6.45, 7) is -0.740. The number of likely N-dealkylation sites (tertiary alicyclic amines) is 1. The van der Waals surface area contributed by atoms with E-state index in [1.54, 1.807) is 0 Å². The van der Waals surface area contributed by atoms with Crippen LogP contribution in [0.3, 0.4) is 0 Å². The first kappa shape index (κ1) is 17.8. The molecule has 3 rings (SSSR count). The SMILES string of the molecule is O=C(c1cn(-c2cccc(C(F)(F)F)c2)nn1)N1CCC(F)(C(=O)O)C1. The van der Waals surface area contributed by atoms with Crippen LogP contribution in [-0.4, -0.2) is 55.6 Å². The number of carboxylic acids is 1. The highest BCUT2D eigenvalue weighted by atomic mass is 19.4. The van der Waals surface area contributed by atoms with Crippen LogP contribution in [0.15, 0.2) is 30.5 Å². The largest absolute Gasteiger partial charge is 0.479 e. The zero-order valence-corrected chi connectivity index (χ0v) is 13.1. The standard InChI is InChI=1S/C15H12F4N4O3/c16-14(13(25)26)4-5-22(8-14)12(24)11-7-23(21-20-11)10-3-1-2-9(6-10)15(17,18)19/h1-3,6-7H,4-5,8H2,(H,25,26). The molecule has 0 bridgehead atoms. The average molecular weight is 372 g/mol. The molecule has 0 saturated carbocycles. The number of amides is 1. The fourth-order valence-electron chi connectivity index (χ4n) is 2.60. The average Bonchev–Trinajstić information content (AvgIpc) is 3.21. The lowest BCUT2D eigenvalue weighted by Gasteiger charge is -2.16. The molecular weight excluding hydrogens is 360 g/mol. The third-order valence-electron chi connectivity index (χ3n) is 4.04. The number of hydrogen-bond acceptors (Lipinski definition) is 4. The van der Waals surface area contributed by atoms with Gasteiger partial charge in [0.2, 0.25) is 5.67 Å². The summed E-state index contributed by atoms with van der Waals surface area (Å²) in [5.74, 6) is -2.40. The molecule has 1 aromatic carbocycles. The Bertz CT molecular complexity index is 867. The zero-order chi connectivity index (χ0) is 19.1. The Labute approximate surface area is 143 Å². The number of hydrogen-bond donors (Lipinski definition) is 1. The van der Waals surface area contributed by atoms with Crippen LogP contribution in [0, 0.1) is 0 Å². The molecule has 1 aliphatic heterocycles. The van der Waals surface area contributed by atoms with Gasteiger partial charge < -0.3 is 10.0 Å². The van der Waals surface area contributed by atoms with Crippen molar-refractivity contribution in [3.05, 3.63) is 41.7 Å². The Morgan fingerprint density at radius 2 is 2.00 bits per heavy atom. The maximum absolute atomic E-state index is 14.0. The van der Waals surface area contributed by atoms with Crippen LogP contribution in [0.5, 0.6) is 0 Å². The van der Waals surface area contributed by atoms with Crippen molar-refractivity contribution in [2.24, 2.45) is 0 Å². The number of aromatic nitrogens is 3. The highest BCUT2D eigenvalue weighted by Gasteiger charge is 2.47. The summed E-state index contributed by atoms with van der Waals surface area (Å²) in [5.41, 5.74) is -3.59. The van der Waals surface area contributed by atoms with E-state index in [9.17, 15) is 27.2 Å².